The lowest BCUT2D eigenvalue weighted by Crippen LogP contribution is -2.47. The first-order valence-electron chi connectivity index (χ1n) is 10.4. The summed E-state index contributed by atoms with van der Waals surface area (Å²) in [7, 11) is 0. The predicted molar refractivity (Wildman–Crippen MR) is 105 cm³/mol. The second-order valence-corrected chi connectivity index (χ2v) is 9.50. The second kappa shape index (κ2) is 5.91. The van der Waals surface area contributed by atoms with Crippen molar-refractivity contribution in [3.63, 3.8) is 0 Å². The highest BCUT2D eigenvalue weighted by Gasteiger charge is 2.61. The number of hydrogen-bond donors (Lipinski definition) is 0. The quantitative estimate of drug-likeness (QED) is 0.683. The zero-order chi connectivity index (χ0) is 19.7. The third kappa shape index (κ3) is 2.34. The van der Waals surface area contributed by atoms with Crippen LogP contribution in [-0.2, 0) is 4.79 Å². The van der Waals surface area contributed by atoms with Gasteiger partial charge in [0.05, 0.1) is 11.1 Å². The Labute approximate surface area is 164 Å². The molecule has 2 atom stereocenters. The number of aromatic nitrogens is 1. The minimum atomic E-state index is -0.334. The fourth-order valence-electron chi connectivity index (χ4n) is 6.01. The molecule has 5 heteroatoms. The zero-order valence-corrected chi connectivity index (χ0v) is 16.6. The van der Waals surface area contributed by atoms with Gasteiger partial charge >= 0.3 is 0 Å². The van der Waals surface area contributed by atoms with Crippen LogP contribution < -0.4 is 0 Å². The summed E-state index contributed by atoms with van der Waals surface area (Å²) in [6.45, 7) is 10.3. The minimum absolute atomic E-state index is 0.0706. The number of likely N-dealkylation sites (tertiary alicyclic amines) is 1. The van der Waals surface area contributed by atoms with Crippen molar-refractivity contribution in [3.8, 4) is 0 Å². The third-order valence-electron chi connectivity index (χ3n) is 7.93. The molecule has 2 aliphatic carbocycles. The van der Waals surface area contributed by atoms with Gasteiger partial charge in [-0.25, -0.2) is 4.39 Å². The van der Waals surface area contributed by atoms with Crippen LogP contribution >= 0.6 is 0 Å². The molecule has 4 nitrogen and oxygen atoms in total. The molecule has 1 aliphatic heterocycles. The average Bonchev–Trinajstić information content (AvgIpc) is 3.36. The highest BCUT2D eigenvalue weighted by Crippen LogP contribution is 2.66. The van der Waals surface area contributed by atoms with Crippen molar-refractivity contribution in [1.29, 1.82) is 0 Å². The molecule has 1 saturated heterocycles. The number of halogens is 1. The Hall–Kier alpha value is -2.17. The minimum Gasteiger partial charge on any atom is -0.356 e. The topological polar surface area (TPSA) is 46.3 Å². The van der Waals surface area contributed by atoms with E-state index in [4.69, 9.17) is 4.52 Å². The number of benzene rings is 1. The van der Waals surface area contributed by atoms with Crippen molar-refractivity contribution in [2.45, 2.75) is 51.9 Å². The van der Waals surface area contributed by atoms with E-state index in [1.165, 1.54) is 12.1 Å². The van der Waals surface area contributed by atoms with Crippen LogP contribution in [0.3, 0.4) is 0 Å². The number of nitrogens with zero attached hydrogens (tertiary/aromatic N) is 2. The highest BCUT2D eigenvalue weighted by atomic mass is 19.1. The zero-order valence-electron chi connectivity index (χ0n) is 16.6. The van der Waals surface area contributed by atoms with Gasteiger partial charge in [-0.3, -0.25) is 4.79 Å². The largest absolute Gasteiger partial charge is 0.356 e. The molecule has 3 fully saturated rings. The number of amides is 1. The van der Waals surface area contributed by atoms with E-state index in [0.717, 1.165) is 61.8 Å². The molecular formula is C23H27FN2O2. The molecule has 2 bridgehead atoms. The molecule has 148 valence electrons. The van der Waals surface area contributed by atoms with Crippen molar-refractivity contribution in [3.05, 3.63) is 41.9 Å². The van der Waals surface area contributed by atoms with Crippen molar-refractivity contribution >= 4 is 16.9 Å². The monoisotopic (exact) mass is 382 g/mol. The number of hydrogen-bond acceptors (Lipinski definition) is 3. The number of carbonyl (C=O) groups excluding carboxylic acids is 1. The summed E-state index contributed by atoms with van der Waals surface area (Å²) in [5.41, 5.74) is 2.27. The van der Waals surface area contributed by atoms with Crippen LogP contribution in [-0.4, -0.2) is 29.1 Å². The van der Waals surface area contributed by atoms with Crippen molar-refractivity contribution in [1.82, 2.24) is 10.1 Å². The van der Waals surface area contributed by atoms with Crippen molar-refractivity contribution in [2.24, 2.45) is 16.7 Å². The predicted octanol–water partition coefficient (Wildman–Crippen LogP) is 5.06. The second-order valence-electron chi connectivity index (χ2n) is 9.50. The van der Waals surface area contributed by atoms with Crippen LogP contribution in [0.1, 0.15) is 57.6 Å². The van der Waals surface area contributed by atoms with E-state index in [9.17, 15) is 9.18 Å². The van der Waals surface area contributed by atoms with Gasteiger partial charge in [-0.2, -0.15) is 0 Å². The molecule has 1 amide bonds. The Morgan fingerprint density at radius 3 is 2.71 bits per heavy atom. The average molecular weight is 382 g/mol. The van der Waals surface area contributed by atoms with Gasteiger partial charge in [-0.15, -0.1) is 0 Å². The first-order valence-corrected chi connectivity index (χ1v) is 10.4. The summed E-state index contributed by atoms with van der Waals surface area (Å²) >= 11 is 0. The third-order valence-corrected chi connectivity index (χ3v) is 7.93. The summed E-state index contributed by atoms with van der Waals surface area (Å²) in [5.74, 6) is 0.803. The maximum Gasteiger partial charge on any atom is 0.232 e. The molecule has 0 spiro atoms. The summed E-state index contributed by atoms with van der Waals surface area (Å²) < 4.78 is 18.7. The SMILES string of the molecule is C=C1C(C)(C)[C@H]2CC[C@@]1(C(=O)N1CCC(c3noc4cc(F)ccc34)CC1)C2. The first kappa shape index (κ1) is 17.9. The molecule has 3 aliphatic rings. The summed E-state index contributed by atoms with van der Waals surface area (Å²) in [4.78, 5) is 15.6. The lowest BCUT2D eigenvalue weighted by atomic mass is 9.68. The van der Waals surface area contributed by atoms with Gasteiger partial charge in [0.1, 0.15) is 5.82 Å². The van der Waals surface area contributed by atoms with Crippen molar-refractivity contribution in [2.75, 3.05) is 13.1 Å². The maximum atomic E-state index is 13.5. The van der Waals surface area contributed by atoms with Gasteiger partial charge in [0.25, 0.3) is 0 Å². The molecule has 28 heavy (non-hydrogen) atoms. The Morgan fingerprint density at radius 1 is 1.29 bits per heavy atom. The molecule has 0 radical (unpaired) electrons. The molecule has 0 unspecified atom stereocenters. The van der Waals surface area contributed by atoms with Crippen LogP contribution in [0.25, 0.3) is 11.0 Å². The number of rotatable bonds is 2. The molecule has 2 saturated carbocycles. The van der Waals surface area contributed by atoms with E-state index >= 15 is 0 Å². The standard InChI is InChI=1S/C23H27FN2O2/c1-14-22(2,3)16-6-9-23(14,13-16)21(27)26-10-7-15(8-11-26)20-18-5-4-17(24)12-19(18)28-25-20/h4-5,12,15-16H,1,6-11,13H2,2-3H3/t16-,23+/m0/s1. The molecule has 1 aromatic heterocycles. The van der Waals surface area contributed by atoms with Crippen LogP contribution in [0.5, 0.6) is 0 Å². The van der Waals surface area contributed by atoms with Gasteiger partial charge in [0, 0.05) is 30.5 Å². The Kier molecular flexibility index (Phi) is 3.78. The van der Waals surface area contributed by atoms with Crippen LogP contribution in [0.15, 0.2) is 34.9 Å². The first-order chi connectivity index (χ1) is 13.3. The van der Waals surface area contributed by atoms with E-state index in [-0.39, 0.29) is 28.5 Å². The summed E-state index contributed by atoms with van der Waals surface area (Å²) in [5, 5.41) is 5.10. The number of fused-ring (bicyclic) bond motifs is 3. The molecule has 1 aromatic carbocycles. The van der Waals surface area contributed by atoms with E-state index in [1.54, 1.807) is 6.07 Å². The fraction of sp³-hybridized carbons (Fsp3) is 0.565. The van der Waals surface area contributed by atoms with Crippen molar-refractivity contribution < 1.29 is 13.7 Å². The van der Waals surface area contributed by atoms with E-state index in [1.807, 2.05) is 4.90 Å². The number of piperidine rings is 1. The fourth-order valence-corrected chi connectivity index (χ4v) is 6.01. The van der Waals surface area contributed by atoms with Gasteiger partial charge in [-0.05, 0) is 55.6 Å². The molecular weight excluding hydrogens is 355 g/mol. The summed E-state index contributed by atoms with van der Waals surface area (Å²) in [6.07, 6.45) is 4.78. The van der Waals surface area contributed by atoms with Crippen LogP contribution in [0.4, 0.5) is 4.39 Å². The molecule has 2 aromatic rings. The molecule has 0 N–H and O–H groups in total. The number of carbonyl (C=O) groups is 1. The van der Waals surface area contributed by atoms with Crippen LogP contribution in [0, 0.1) is 22.6 Å². The molecule has 2 heterocycles. The molecule has 5 rings (SSSR count). The van der Waals surface area contributed by atoms with Gasteiger partial charge in [0.2, 0.25) is 5.91 Å². The summed E-state index contributed by atoms with van der Waals surface area (Å²) in [6, 6.07) is 4.58. The van der Waals surface area contributed by atoms with E-state index in [2.05, 4.69) is 25.6 Å². The highest BCUT2D eigenvalue weighted by molar-refractivity contribution is 5.88. The lowest BCUT2D eigenvalue weighted by molar-refractivity contribution is -0.140. The van der Waals surface area contributed by atoms with Crippen LogP contribution in [0.2, 0.25) is 0 Å². The van der Waals surface area contributed by atoms with E-state index < -0.39 is 0 Å². The lowest BCUT2D eigenvalue weighted by Gasteiger charge is -2.41. The maximum absolute atomic E-state index is 13.5. The van der Waals surface area contributed by atoms with Gasteiger partial charge in [0.15, 0.2) is 5.58 Å². The Bertz CT molecular complexity index is 970. The smallest absolute Gasteiger partial charge is 0.232 e. The van der Waals surface area contributed by atoms with E-state index in [0.29, 0.717) is 11.5 Å². The normalized spacial score (nSPS) is 29.8. The Morgan fingerprint density at radius 2 is 2.04 bits per heavy atom. The Balaban J connectivity index is 1.32. The van der Waals surface area contributed by atoms with Gasteiger partial charge < -0.3 is 9.42 Å². The van der Waals surface area contributed by atoms with Gasteiger partial charge in [-0.1, -0.05) is 31.2 Å².